The fraction of sp³-hybridized carbons (Fsp3) is 0.412. The van der Waals surface area contributed by atoms with Gasteiger partial charge in [0.05, 0.1) is 0 Å². The minimum Gasteiger partial charge on any atom is -0.317 e. The van der Waals surface area contributed by atoms with E-state index in [9.17, 15) is 0 Å². The summed E-state index contributed by atoms with van der Waals surface area (Å²) in [6.07, 6.45) is 6.16. The first kappa shape index (κ1) is 14.3. The second-order valence-corrected chi connectivity index (χ2v) is 6.01. The van der Waals surface area contributed by atoms with Gasteiger partial charge in [-0.2, -0.15) is 0 Å². The number of nitrogens with one attached hydrogen (secondary N) is 1. The van der Waals surface area contributed by atoms with Gasteiger partial charge in [-0.05, 0) is 56.2 Å². The van der Waals surface area contributed by atoms with Crippen molar-refractivity contribution in [1.82, 2.24) is 5.32 Å². The van der Waals surface area contributed by atoms with Gasteiger partial charge in [0.1, 0.15) is 0 Å². The number of rotatable bonds is 8. The Hall–Kier alpha value is -1.12. The molecule has 1 N–H and O–H groups in total. The second-order valence-electron chi connectivity index (χ2n) is 4.98. The minimum atomic E-state index is 0.644. The maximum atomic E-state index is 3.46. The molecule has 102 valence electrons. The molecule has 19 heavy (non-hydrogen) atoms. The van der Waals surface area contributed by atoms with Crippen molar-refractivity contribution in [2.75, 3.05) is 7.05 Å². The number of thiophene rings is 1. The third kappa shape index (κ3) is 5.17. The van der Waals surface area contributed by atoms with Crippen LogP contribution in [-0.2, 0) is 12.8 Å². The lowest BCUT2D eigenvalue weighted by atomic mass is 10.0. The summed E-state index contributed by atoms with van der Waals surface area (Å²) in [4.78, 5) is 1.50. The van der Waals surface area contributed by atoms with Gasteiger partial charge < -0.3 is 5.32 Å². The summed E-state index contributed by atoms with van der Waals surface area (Å²) in [7, 11) is 2.08. The monoisotopic (exact) mass is 273 g/mol. The molecule has 1 aromatic carbocycles. The van der Waals surface area contributed by atoms with Gasteiger partial charge in [0.15, 0.2) is 0 Å². The highest BCUT2D eigenvalue weighted by Gasteiger charge is 2.06. The maximum absolute atomic E-state index is 3.46. The van der Waals surface area contributed by atoms with E-state index in [-0.39, 0.29) is 0 Å². The molecule has 0 aliphatic rings. The van der Waals surface area contributed by atoms with Crippen LogP contribution in [0.2, 0.25) is 0 Å². The number of benzene rings is 1. The highest BCUT2D eigenvalue weighted by Crippen LogP contribution is 2.14. The average molecular weight is 273 g/mol. The highest BCUT2D eigenvalue weighted by atomic mass is 32.1. The molecule has 0 radical (unpaired) electrons. The van der Waals surface area contributed by atoms with E-state index < -0.39 is 0 Å². The van der Waals surface area contributed by atoms with Crippen molar-refractivity contribution in [3.8, 4) is 0 Å². The first-order valence-electron chi connectivity index (χ1n) is 7.12. The van der Waals surface area contributed by atoms with Gasteiger partial charge in [0.25, 0.3) is 0 Å². The summed E-state index contributed by atoms with van der Waals surface area (Å²) in [5.74, 6) is 0. The molecule has 1 heterocycles. The molecule has 2 heteroatoms. The van der Waals surface area contributed by atoms with Crippen LogP contribution in [0.25, 0.3) is 0 Å². The van der Waals surface area contributed by atoms with E-state index in [0.717, 1.165) is 0 Å². The fourth-order valence-electron chi connectivity index (χ4n) is 2.40. The molecule has 1 aromatic heterocycles. The molecule has 2 rings (SSSR count). The molecule has 2 aromatic rings. The van der Waals surface area contributed by atoms with Crippen molar-refractivity contribution in [1.29, 1.82) is 0 Å². The van der Waals surface area contributed by atoms with Crippen LogP contribution in [0.1, 0.15) is 29.7 Å². The third-order valence-corrected chi connectivity index (χ3v) is 4.52. The predicted octanol–water partition coefficient (Wildman–Crippen LogP) is 4.29. The Kier molecular flexibility index (Phi) is 6.12. The molecule has 0 spiro atoms. The van der Waals surface area contributed by atoms with Gasteiger partial charge in [0, 0.05) is 10.9 Å². The van der Waals surface area contributed by atoms with Crippen molar-refractivity contribution >= 4 is 11.3 Å². The normalized spacial score (nSPS) is 12.5. The molecule has 1 nitrogen and oxygen atoms in total. The lowest BCUT2D eigenvalue weighted by molar-refractivity contribution is 0.476. The van der Waals surface area contributed by atoms with Crippen LogP contribution in [0.4, 0.5) is 0 Å². The van der Waals surface area contributed by atoms with Gasteiger partial charge in [-0.15, -0.1) is 11.3 Å². The Labute approximate surface area is 120 Å². The molecule has 0 fully saturated rings. The van der Waals surface area contributed by atoms with E-state index in [1.54, 1.807) is 0 Å². The molecule has 1 atom stereocenters. The summed E-state index contributed by atoms with van der Waals surface area (Å²) >= 11 is 1.87. The summed E-state index contributed by atoms with van der Waals surface area (Å²) in [6.45, 7) is 0. The molecule has 0 amide bonds. The van der Waals surface area contributed by atoms with Crippen molar-refractivity contribution in [2.45, 2.75) is 38.1 Å². The minimum absolute atomic E-state index is 0.644. The number of hydrogen-bond donors (Lipinski definition) is 1. The first-order chi connectivity index (χ1) is 9.38. The van der Waals surface area contributed by atoms with Crippen LogP contribution in [0.5, 0.6) is 0 Å². The molecule has 0 saturated heterocycles. The molecule has 1 unspecified atom stereocenters. The zero-order valence-corrected chi connectivity index (χ0v) is 12.5. The van der Waals surface area contributed by atoms with Crippen LogP contribution >= 0.6 is 11.3 Å². The van der Waals surface area contributed by atoms with Gasteiger partial charge in [0.2, 0.25) is 0 Å². The van der Waals surface area contributed by atoms with E-state index in [1.807, 2.05) is 11.3 Å². The van der Waals surface area contributed by atoms with Gasteiger partial charge in [-0.25, -0.2) is 0 Å². The largest absolute Gasteiger partial charge is 0.317 e. The van der Waals surface area contributed by atoms with Crippen molar-refractivity contribution < 1.29 is 0 Å². The summed E-state index contributed by atoms with van der Waals surface area (Å²) in [5, 5.41) is 5.62. The zero-order valence-electron chi connectivity index (χ0n) is 11.6. The zero-order chi connectivity index (χ0) is 13.3. The standard InChI is InChI=1S/C17H23NS/c1-18-16(12-13-17-11-6-14-19-17)10-5-9-15-7-3-2-4-8-15/h2-4,6-8,11,14,16,18H,5,9-10,12-13H2,1H3. The van der Waals surface area contributed by atoms with E-state index in [0.29, 0.717) is 6.04 Å². The molecule has 0 aliphatic heterocycles. The van der Waals surface area contributed by atoms with E-state index in [2.05, 4.69) is 60.2 Å². The van der Waals surface area contributed by atoms with Crippen LogP contribution in [-0.4, -0.2) is 13.1 Å². The van der Waals surface area contributed by atoms with Crippen LogP contribution < -0.4 is 5.32 Å². The predicted molar refractivity (Wildman–Crippen MR) is 84.9 cm³/mol. The Morgan fingerprint density at radius 2 is 1.84 bits per heavy atom. The van der Waals surface area contributed by atoms with Crippen LogP contribution in [0.3, 0.4) is 0 Å². The van der Waals surface area contributed by atoms with Gasteiger partial charge in [-0.3, -0.25) is 0 Å². The highest BCUT2D eigenvalue weighted by molar-refractivity contribution is 7.09. The van der Waals surface area contributed by atoms with Crippen LogP contribution in [0, 0.1) is 0 Å². The van der Waals surface area contributed by atoms with Crippen molar-refractivity contribution in [2.24, 2.45) is 0 Å². The quantitative estimate of drug-likeness (QED) is 0.756. The lowest BCUT2D eigenvalue weighted by Crippen LogP contribution is -2.25. The first-order valence-corrected chi connectivity index (χ1v) is 8.00. The van der Waals surface area contributed by atoms with E-state index >= 15 is 0 Å². The Morgan fingerprint density at radius 3 is 2.53 bits per heavy atom. The Morgan fingerprint density at radius 1 is 1.00 bits per heavy atom. The summed E-state index contributed by atoms with van der Waals surface area (Å²) < 4.78 is 0. The van der Waals surface area contributed by atoms with Crippen molar-refractivity contribution in [3.63, 3.8) is 0 Å². The summed E-state index contributed by atoms with van der Waals surface area (Å²) in [5.41, 5.74) is 1.45. The smallest absolute Gasteiger partial charge is 0.00676 e. The Balaban J connectivity index is 1.67. The fourth-order valence-corrected chi connectivity index (χ4v) is 3.13. The third-order valence-electron chi connectivity index (χ3n) is 3.59. The van der Waals surface area contributed by atoms with E-state index in [4.69, 9.17) is 0 Å². The van der Waals surface area contributed by atoms with Gasteiger partial charge in [-0.1, -0.05) is 36.4 Å². The summed E-state index contributed by atoms with van der Waals surface area (Å²) in [6, 6.07) is 15.8. The molecule has 0 saturated carbocycles. The molecular formula is C17H23NS. The average Bonchev–Trinajstić information content (AvgIpc) is 2.97. The van der Waals surface area contributed by atoms with Gasteiger partial charge >= 0.3 is 0 Å². The lowest BCUT2D eigenvalue weighted by Gasteiger charge is -2.15. The number of hydrogen-bond acceptors (Lipinski definition) is 2. The number of aryl methyl sites for hydroxylation is 2. The maximum Gasteiger partial charge on any atom is 0.00676 e. The molecular weight excluding hydrogens is 250 g/mol. The molecule has 0 aliphatic carbocycles. The van der Waals surface area contributed by atoms with Crippen molar-refractivity contribution in [3.05, 3.63) is 58.3 Å². The SMILES string of the molecule is CNC(CCCc1ccccc1)CCc1cccs1. The molecule has 0 bridgehead atoms. The van der Waals surface area contributed by atoms with E-state index in [1.165, 1.54) is 42.5 Å². The second kappa shape index (κ2) is 8.13. The van der Waals surface area contributed by atoms with Crippen LogP contribution in [0.15, 0.2) is 47.8 Å². The Bertz CT molecular complexity index is 436. The topological polar surface area (TPSA) is 12.0 Å².